The third-order valence-corrected chi connectivity index (χ3v) is 3.36. The molecule has 0 aliphatic carbocycles. The topological polar surface area (TPSA) is 50.5 Å². The van der Waals surface area contributed by atoms with Gasteiger partial charge in [0.25, 0.3) is 5.91 Å². The predicted molar refractivity (Wildman–Crippen MR) is 80.1 cm³/mol. The Bertz CT molecular complexity index is 718. The standard InChI is InChI=1S/C16H16N4O/c1-19(11-8-13-6-2-4-9-17-13)16(21)14-12-20-10-5-3-7-15(20)18-14/h2-7,9-10,12H,8,11H2,1H3. The Hall–Kier alpha value is -2.69. The average molecular weight is 280 g/mol. The van der Waals surface area contributed by atoms with Gasteiger partial charge >= 0.3 is 0 Å². The van der Waals surface area contributed by atoms with Gasteiger partial charge in [-0.15, -0.1) is 0 Å². The first-order valence-corrected chi connectivity index (χ1v) is 6.83. The summed E-state index contributed by atoms with van der Waals surface area (Å²) in [6, 6.07) is 11.5. The maximum absolute atomic E-state index is 12.4. The molecule has 1 amide bonds. The number of amides is 1. The van der Waals surface area contributed by atoms with Crippen LogP contribution in [0, 0.1) is 0 Å². The summed E-state index contributed by atoms with van der Waals surface area (Å²) >= 11 is 0. The van der Waals surface area contributed by atoms with E-state index in [1.807, 2.05) is 47.0 Å². The SMILES string of the molecule is CN(CCc1ccccn1)C(=O)c1cn2ccccc2n1. The normalized spacial score (nSPS) is 10.7. The van der Waals surface area contributed by atoms with Gasteiger partial charge in [-0.2, -0.15) is 0 Å². The molecule has 0 unspecified atom stereocenters. The predicted octanol–water partition coefficient (Wildman–Crippen LogP) is 2.04. The maximum atomic E-state index is 12.4. The van der Waals surface area contributed by atoms with Gasteiger partial charge in [-0.05, 0) is 24.3 Å². The van der Waals surface area contributed by atoms with E-state index in [2.05, 4.69) is 9.97 Å². The second-order valence-corrected chi connectivity index (χ2v) is 4.89. The van der Waals surface area contributed by atoms with Crippen molar-refractivity contribution in [3.8, 4) is 0 Å². The van der Waals surface area contributed by atoms with Gasteiger partial charge in [0, 0.05) is 44.3 Å². The zero-order chi connectivity index (χ0) is 14.7. The Morgan fingerprint density at radius 1 is 1.24 bits per heavy atom. The molecular formula is C16H16N4O. The third-order valence-electron chi connectivity index (χ3n) is 3.36. The fourth-order valence-corrected chi connectivity index (χ4v) is 2.16. The molecular weight excluding hydrogens is 264 g/mol. The van der Waals surface area contributed by atoms with Gasteiger partial charge in [-0.3, -0.25) is 9.78 Å². The second kappa shape index (κ2) is 5.75. The van der Waals surface area contributed by atoms with E-state index in [1.54, 1.807) is 24.3 Å². The van der Waals surface area contributed by atoms with E-state index in [1.165, 1.54) is 0 Å². The smallest absolute Gasteiger partial charge is 0.273 e. The minimum atomic E-state index is -0.0744. The molecule has 3 heterocycles. The van der Waals surface area contributed by atoms with E-state index in [0.29, 0.717) is 12.2 Å². The van der Waals surface area contributed by atoms with Gasteiger partial charge in [0.15, 0.2) is 0 Å². The van der Waals surface area contributed by atoms with Gasteiger partial charge in [-0.1, -0.05) is 12.1 Å². The number of aromatic nitrogens is 3. The molecule has 21 heavy (non-hydrogen) atoms. The van der Waals surface area contributed by atoms with E-state index >= 15 is 0 Å². The summed E-state index contributed by atoms with van der Waals surface area (Å²) in [6.45, 7) is 0.615. The maximum Gasteiger partial charge on any atom is 0.273 e. The first kappa shape index (κ1) is 13.3. The zero-order valence-electron chi connectivity index (χ0n) is 11.8. The van der Waals surface area contributed by atoms with Crippen LogP contribution < -0.4 is 0 Å². The molecule has 5 heteroatoms. The number of fused-ring (bicyclic) bond motifs is 1. The van der Waals surface area contributed by atoms with Gasteiger partial charge in [-0.25, -0.2) is 4.98 Å². The molecule has 0 bridgehead atoms. The van der Waals surface area contributed by atoms with Crippen molar-refractivity contribution in [1.29, 1.82) is 0 Å². The fourth-order valence-electron chi connectivity index (χ4n) is 2.16. The number of pyridine rings is 2. The molecule has 0 radical (unpaired) electrons. The van der Waals surface area contributed by atoms with Crippen LogP contribution >= 0.6 is 0 Å². The molecule has 0 fully saturated rings. The number of carbonyl (C=O) groups is 1. The van der Waals surface area contributed by atoms with Crippen LogP contribution in [0.2, 0.25) is 0 Å². The minimum Gasteiger partial charge on any atom is -0.340 e. The molecule has 3 aromatic heterocycles. The highest BCUT2D eigenvalue weighted by Crippen LogP contribution is 2.07. The number of nitrogens with zero attached hydrogens (tertiary/aromatic N) is 4. The largest absolute Gasteiger partial charge is 0.340 e. The van der Waals surface area contributed by atoms with Crippen molar-refractivity contribution < 1.29 is 4.79 Å². The zero-order valence-corrected chi connectivity index (χ0v) is 11.8. The van der Waals surface area contributed by atoms with Crippen molar-refractivity contribution in [2.75, 3.05) is 13.6 Å². The van der Waals surface area contributed by atoms with Crippen molar-refractivity contribution in [3.05, 3.63) is 66.4 Å². The molecule has 0 N–H and O–H groups in total. The molecule has 5 nitrogen and oxygen atoms in total. The molecule has 3 aromatic rings. The number of rotatable bonds is 4. The number of likely N-dealkylation sites (N-methyl/N-ethyl adjacent to an activating group) is 1. The summed E-state index contributed by atoms with van der Waals surface area (Å²) in [7, 11) is 1.79. The van der Waals surface area contributed by atoms with Crippen LogP contribution in [0.25, 0.3) is 5.65 Å². The van der Waals surface area contributed by atoms with Crippen LogP contribution in [0.5, 0.6) is 0 Å². The number of imidazole rings is 1. The number of hydrogen-bond donors (Lipinski definition) is 0. The molecule has 0 spiro atoms. The van der Waals surface area contributed by atoms with E-state index in [4.69, 9.17) is 0 Å². The Labute approximate surface area is 122 Å². The Balaban J connectivity index is 1.69. The van der Waals surface area contributed by atoms with Crippen LogP contribution in [-0.2, 0) is 6.42 Å². The van der Waals surface area contributed by atoms with E-state index in [0.717, 1.165) is 17.8 Å². The summed E-state index contributed by atoms with van der Waals surface area (Å²) in [5.74, 6) is -0.0744. The second-order valence-electron chi connectivity index (χ2n) is 4.89. The van der Waals surface area contributed by atoms with Crippen molar-refractivity contribution in [2.24, 2.45) is 0 Å². The van der Waals surface area contributed by atoms with Crippen LogP contribution in [0.3, 0.4) is 0 Å². The highest BCUT2D eigenvalue weighted by Gasteiger charge is 2.15. The van der Waals surface area contributed by atoms with Crippen molar-refractivity contribution in [3.63, 3.8) is 0 Å². The molecule has 106 valence electrons. The van der Waals surface area contributed by atoms with Crippen LogP contribution in [0.4, 0.5) is 0 Å². The first-order valence-electron chi connectivity index (χ1n) is 6.83. The lowest BCUT2D eigenvalue weighted by atomic mass is 10.2. The molecule has 0 saturated heterocycles. The Morgan fingerprint density at radius 2 is 2.10 bits per heavy atom. The molecule has 0 saturated carbocycles. The molecule has 3 rings (SSSR count). The van der Waals surface area contributed by atoms with Gasteiger partial charge in [0.2, 0.25) is 0 Å². The lowest BCUT2D eigenvalue weighted by Crippen LogP contribution is -2.29. The van der Waals surface area contributed by atoms with E-state index < -0.39 is 0 Å². The summed E-state index contributed by atoms with van der Waals surface area (Å²) < 4.78 is 1.85. The number of carbonyl (C=O) groups excluding carboxylic acids is 1. The molecule has 0 aromatic carbocycles. The summed E-state index contributed by atoms with van der Waals surface area (Å²) in [5.41, 5.74) is 2.22. The van der Waals surface area contributed by atoms with Crippen molar-refractivity contribution in [2.45, 2.75) is 6.42 Å². The van der Waals surface area contributed by atoms with Gasteiger partial charge in [0.05, 0.1) is 0 Å². The van der Waals surface area contributed by atoms with Crippen LogP contribution in [0.15, 0.2) is 55.0 Å². The minimum absolute atomic E-state index is 0.0744. The first-order chi connectivity index (χ1) is 10.2. The fraction of sp³-hybridized carbons (Fsp3) is 0.188. The monoisotopic (exact) mass is 280 g/mol. The third kappa shape index (κ3) is 2.91. The van der Waals surface area contributed by atoms with Gasteiger partial charge in [0.1, 0.15) is 11.3 Å². The summed E-state index contributed by atoms with van der Waals surface area (Å²) in [4.78, 5) is 22.6. The summed E-state index contributed by atoms with van der Waals surface area (Å²) in [6.07, 6.45) is 6.14. The Kier molecular flexibility index (Phi) is 3.64. The summed E-state index contributed by atoms with van der Waals surface area (Å²) in [5, 5.41) is 0. The quantitative estimate of drug-likeness (QED) is 0.735. The van der Waals surface area contributed by atoms with Crippen molar-refractivity contribution in [1.82, 2.24) is 19.3 Å². The molecule has 0 aliphatic heterocycles. The average Bonchev–Trinajstić information content (AvgIpc) is 2.97. The van der Waals surface area contributed by atoms with Crippen LogP contribution in [0.1, 0.15) is 16.2 Å². The highest BCUT2D eigenvalue weighted by atomic mass is 16.2. The molecule has 0 atom stereocenters. The van der Waals surface area contributed by atoms with Gasteiger partial charge < -0.3 is 9.30 Å². The number of hydrogen-bond acceptors (Lipinski definition) is 3. The lowest BCUT2D eigenvalue weighted by molar-refractivity contribution is 0.0791. The highest BCUT2D eigenvalue weighted by molar-refractivity contribution is 5.92. The molecule has 0 aliphatic rings. The van der Waals surface area contributed by atoms with E-state index in [-0.39, 0.29) is 5.91 Å². The van der Waals surface area contributed by atoms with Crippen molar-refractivity contribution >= 4 is 11.6 Å². The Morgan fingerprint density at radius 3 is 2.86 bits per heavy atom. The van der Waals surface area contributed by atoms with Crippen LogP contribution in [-0.4, -0.2) is 38.8 Å². The lowest BCUT2D eigenvalue weighted by Gasteiger charge is -2.15. The van der Waals surface area contributed by atoms with E-state index in [9.17, 15) is 4.79 Å².